The quantitative estimate of drug-likeness (QED) is 0.678. The van der Waals surface area contributed by atoms with Gasteiger partial charge in [0.1, 0.15) is 5.82 Å². The number of nitrogens with one attached hydrogen (secondary N) is 2. The zero-order valence-corrected chi connectivity index (χ0v) is 15.9. The topological polar surface area (TPSA) is 61.0 Å². The van der Waals surface area contributed by atoms with Gasteiger partial charge in [-0.1, -0.05) is 30.0 Å². The Kier molecular flexibility index (Phi) is 5.13. The summed E-state index contributed by atoms with van der Waals surface area (Å²) in [5.41, 5.74) is 4.07. The number of aryl methyl sites for hydroxylation is 1. The number of carbonyl (C=O) groups is 1. The molecule has 0 saturated carbocycles. The molecule has 1 atom stereocenters. The molecule has 1 unspecified atom stereocenters. The molecule has 7 heteroatoms. The van der Waals surface area contributed by atoms with Crippen LogP contribution in [0, 0.1) is 12.7 Å². The lowest BCUT2D eigenvalue weighted by Gasteiger charge is -2.34. The van der Waals surface area contributed by atoms with Crippen molar-refractivity contribution in [3.8, 4) is 0 Å². The fourth-order valence-electron chi connectivity index (χ4n) is 3.28. The predicted molar refractivity (Wildman–Crippen MR) is 105 cm³/mol. The van der Waals surface area contributed by atoms with Crippen molar-refractivity contribution in [1.82, 2.24) is 20.2 Å². The molecule has 0 aliphatic carbocycles. The van der Waals surface area contributed by atoms with E-state index in [9.17, 15) is 9.18 Å². The number of rotatable bonds is 4. The van der Waals surface area contributed by atoms with Crippen molar-refractivity contribution < 1.29 is 9.18 Å². The number of H-pyrrole nitrogens is 1. The number of halogens is 1. The van der Waals surface area contributed by atoms with Crippen molar-refractivity contribution in [3.05, 3.63) is 59.4 Å². The van der Waals surface area contributed by atoms with Gasteiger partial charge in [0.05, 0.1) is 16.8 Å². The maximum atomic E-state index is 13.1. The third-order valence-corrected chi connectivity index (χ3v) is 5.61. The second-order valence-electron chi connectivity index (χ2n) is 6.75. The highest BCUT2D eigenvalue weighted by Gasteiger charge is 2.24. The average Bonchev–Trinajstić information content (AvgIpc) is 3.09. The van der Waals surface area contributed by atoms with E-state index >= 15 is 0 Å². The average molecular weight is 384 g/mol. The molecule has 2 N–H and O–H groups in total. The SMILES string of the molecule is Cc1ccc2nc(SCC(=O)N3CCNC(c4ccc(F)cc4)C3)[nH]c2c1. The van der Waals surface area contributed by atoms with Gasteiger partial charge in [0.2, 0.25) is 5.91 Å². The van der Waals surface area contributed by atoms with E-state index in [4.69, 9.17) is 0 Å². The fourth-order valence-corrected chi connectivity index (χ4v) is 4.07. The van der Waals surface area contributed by atoms with Crippen molar-refractivity contribution in [1.29, 1.82) is 0 Å². The number of imidazole rings is 1. The minimum absolute atomic E-state index is 0.0301. The number of benzene rings is 2. The Labute approximate surface area is 161 Å². The van der Waals surface area contributed by atoms with E-state index in [2.05, 4.69) is 21.4 Å². The molecule has 1 amide bonds. The van der Waals surface area contributed by atoms with Gasteiger partial charge in [0.15, 0.2) is 5.16 Å². The fraction of sp³-hybridized carbons (Fsp3) is 0.300. The molecule has 2 aromatic carbocycles. The van der Waals surface area contributed by atoms with E-state index < -0.39 is 0 Å². The molecule has 1 aliphatic heterocycles. The van der Waals surface area contributed by atoms with E-state index in [-0.39, 0.29) is 17.8 Å². The lowest BCUT2D eigenvalue weighted by molar-refractivity contribution is -0.129. The molecule has 27 heavy (non-hydrogen) atoms. The molecule has 0 spiro atoms. The van der Waals surface area contributed by atoms with E-state index in [1.165, 1.54) is 29.5 Å². The van der Waals surface area contributed by atoms with Gasteiger partial charge in [-0.3, -0.25) is 4.79 Å². The van der Waals surface area contributed by atoms with Crippen LogP contribution in [0.4, 0.5) is 4.39 Å². The first-order valence-corrected chi connectivity index (χ1v) is 9.93. The van der Waals surface area contributed by atoms with Gasteiger partial charge in [-0.2, -0.15) is 0 Å². The Hall–Kier alpha value is -2.38. The number of hydrogen-bond acceptors (Lipinski definition) is 4. The molecular formula is C20H21FN4OS. The van der Waals surface area contributed by atoms with Gasteiger partial charge in [-0.15, -0.1) is 0 Å². The Bertz CT molecular complexity index is 956. The minimum atomic E-state index is -0.250. The van der Waals surface area contributed by atoms with E-state index in [0.29, 0.717) is 18.8 Å². The summed E-state index contributed by atoms with van der Waals surface area (Å²) < 4.78 is 13.1. The number of hydrogen-bond donors (Lipinski definition) is 2. The largest absolute Gasteiger partial charge is 0.339 e. The molecule has 1 aromatic heterocycles. The highest BCUT2D eigenvalue weighted by Crippen LogP contribution is 2.22. The summed E-state index contributed by atoms with van der Waals surface area (Å²) in [6.45, 7) is 4.03. The van der Waals surface area contributed by atoms with Crippen LogP contribution in [-0.4, -0.2) is 46.2 Å². The van der Waals surface area contributed by atoms with Crippen LogP contribution in [0.3, 0.4) is 0 Å². The smallest absolute Gasteiger partial charge is 0.233 e. The molecule has 1 aliphatic rings. The Morgan fingerprint density at radius 1 is 1.30 bits per heavy atom. The summed E-state index contributed by atoms with van der Waals surface area (Å²) in [6, 6.07) is 12.5. The Morgan fingerprint density at radius 2 is 2.11 bits per heavy atom. The normalized spacial score (nSPS) is 17.4. The summed E-state index contributed by atoms with van der Waals surface area (Å²) in [5, 5.41) is 4.15. The molecule has 5 nitrogen and oxygen atoms in total. The molecule has 0 radical (unpaired) electrons. The highest BCUT2D eigenvalue weighted by molar-refractivity contribution is 7.99. The van der Waals surface area contributed by atoms with Gasteiger partial charge >= 0.3 is 0 Å². The van der Waals surface area contributed by atoms with Gasteiger partial charge in [-0.25, -0.2) is 9.37 Å². The number of piperazine rings is 1. The van der Waals surface area contributed by atoms with Crippen molar-refractivity contribution in [2.75, 3.05) is 25.4 Å². The molecule has 3 aromatic rings. The number of carbonyl (C=O) groups excluding carboxylic acids is 1. The summed E-state index contributed by atoms with van der Waals surface area (Å²) in [4.78, 5) is 22.3. The van der Waals surface area contributed by atoms with Crippen molar-refractivity contribution in [2.24, 2.45) is 0 Å². The van der Waals surface area contributed by atoms with Crippen LogP contribution in [0.2, 0.25) is 0 Å². The first-order valence-electron chi connectivity index (χ1n) is 8.94. The Morgan fingerprint density at radius 3 is 2.93 bits per heavy atom. The van der Waals surface area contributed by atoms with Gasteiger partial charge in [-0.05, 0) is 42.3 Å². The lowest BCUT2D eigenvalue weighted by atomic mass is 10.0. The number of fused-ring (bicyclic) bond motifs is 1. The third kappa shape index (κ3) is 4.14. The van der Waals surface area contributed by atoms with Crippen LogP contribution in [0.1, 0.15) is 17.2 Å². The van der Waals surface area contributed by atoms with Crippen LogP contribution in [0.5, 0.6) is 0 Å². The van der Waals surface area contributed by atoms with E-state index in [1.54, 1.807) is 12.1 Å². The van der Waals surface area contributed by atoms with E-state index in [0.717, 1.165) is 28.3 Å². The third-order valence-electron chi connectivity index (χ3n) is 4.75. The second kappa shape index (κ2) is 7.70. The van der Waals surface area contributed by atoms with Crippen molar-refractivity contribution in [3.63, 3.8) is 0 Å². The number of thioether (sulfide) groups is 1. The van der Waals surface area contributed by atoms with Crippen molar-refractivity contribution >= 4 is 28.7 Å². The number of aromatic nitrogens is 2. The minimum Gasteiger partial charge on any atom is -0.339 e. The van der Waals surface area contributed by atoms with E-state index in [1.807, 2.05) is 24.0 Å². The zero-order chi connectivity index (χ0) is 18.8. The molecule has 1 fully saturated rings. The monoisotopic (exact) mass is 384 g/mol. The molecule has 4 rings (SSSR count). The summed E-state index contributed by atoms with van der Waals surface area (Å²) in [5.74, 6) is 0.180. The maximum absolute atomic E-state index is 13.1. The predicted octanol–water partition coefficient (Wildman–Crippen LogP) is 3.28. The molecular weight excluding hydrogens is 363 g/mol. The van der Waals surface area contributed by atoms with Crippen LogP contribution >= 0.6 is 11.8 Å². The lowest BCUT2D eigenvalue weighted by Crippen LogP contribution is -2.48. The second-order valence-corrected chi connectivity index (χ2v) is 7.71. The summed E-state index contributed by atoms with van der Waals surface area (Å²) >= 11 is 1.42. The van der Waals surface area contributed by atoms with Crippen molar-refractivity contribution in [2.45, 2.75) is 18.1 Å². The zero-order valence-electron chi connectivity index (χ0n) is 15.0. The van der Waals surface area contributed by atoms with Gasteiger partial charge in [0.25, 0.3) is 0 Å². The Balaban J connectivity index is 1.37. The number of amides is 1. The number of aromatic amines is 1. The van der Waals surface area contributed by atoms with Crippen LogP contribution in [0.15, 0.2) is 47.6 Å². The van der Waals surface area contributed by atoms with Gasteiger partial charge < -0.3 is 15.2 Å². The molecule has 140 valence electrons. The first-order chi connectivity index (χ1) is 13.1. The van der Waals surface area contributed by atoms with Gasteiger partial charge in [0, 0.05) is 25.7 Å². The molecule has 0 bridgehead atoms. The maximum Gasteiger partial charge on any atom is 0.233 e. The first kappa shape index (κ1) is 18.0. The number of nitrogens with zero attached hydrogens (tertiary/aromatic N) is 2. The van der Waals surface area contributed by atoms with Crippen LogP contribution in [0.25, 0.3) is 11.0 Å². The molecule has 2 heterocycles. The highest BCUT2D eigenvalue weighted by atomic mass is 32.2. The molecule has 1 saturated heterocycles. The standard InChI is InChI=1S/C20H21FN4OS/c1-13-2-7-16-17(10-13)24-20(23-16)27-12-19(26)25-9-8-22-18(11-25)14-3-5-15(21)6-4-14/h2-7,10,18,22H,8-9,11-12H2,1H3,(H,23,24). The van der Waals surface area contributed by atoms with Crippen LogP contribution < -0.4 is 5.32 Å². The summed E-state index contributed by atoms with van der Waals surface area (Å²) in [7, 11) is 0. The summed E-state index contributed by atoms with van der Waals surface area (Å²) in [6.07, 6.45) is 0. The van der Waals surface area contributed by atoms with Crippen LogP contribution in [-0.2, 0) is 4.79 Å².